The van der Waals surface area contributed by atoms with E-state index in [9.17, 15) is 4.79 Å². The van der Waals surface area contributed by atoms with Gasteiger partial charge in [0.05, 0.1) is 18.1 Å². The normalized spacial score (nSPS) is 15.8. The molecule has 0 aliphatic carbocycles. The van der Waals surface area contributed by atoms with Gasteiger partial charge in [-0.05, 0) is 32.9 Å². The van der Waals surface area contributed by atoms with E-state index in [-0.39, 0.29) is 12.2 Å². The molecular formula is C14H17Cl2NO3. The Morgan fingerprint density at radius 2 is 1.95 bits per heavy atom. The molecule has 1 saturated heterocycles. The SMILES string of the molecule is CC(C)(C)OC(=O)N1CC(Oc2cc(Cl)ccc2Cl)C1. The fourth-order valence-corrected chi connectivity index (χ4v) is 2.06. The van der Waals surface area contributed by atoms with E-state index in [0.717, 1.165) is 0 Å². The molecule has 1 aromatic rings. The molecule has 0 radical (unpaired) electrons. The second kappa shape index (κ2) is 5.70. The molecule has 0 aromatic heterocycles. The van der Waals surface area contributed by atoms with Crippen molar-refractivity contribution in [1.29, 1.82) is 0 Å². The molecule has 1 aliphatic heterocycles. The van der Waals surface area contributed by atoms with Gasteiger partial charge in [0.2, 0.25) is 0 Å². The van der Waals surface area contributed by atoms with Gasteiger partial charge < -0.3 is 14.4 Å². The van der Waals surface area contributed by atoms with Crippen LogP contribution < -0.4 is 4.74 Å². The van der Waals surface area contributed by atoms with Crippen molar-refractivity contribution in [3.63, 3.8) is 0 Å². The number of rotatable bonds is 2. The average Bonchev–Trinajstić information content (AvgIpc) is 2.24. The lowest BCUT2D eigenvalue weighted by atomic mass is 10.1. The van der Waals surface area contributed by atoms with Crippen LogP contribution in [0.3, 0.4) is 0 Å². The zero-order valence-electron chi connectivity index (χ0n) is 11.7. The molecule has 4 nitrogen and oxygen atoms in total. The lowest BCUT2D eigenvalue weighted by Gasteiger charge is -2.39. The summed E-state index contributed by atoms with van der Waals surface area (Å²) in [5.74, 6) is 0.535. The van der Waals surface area contributed by atoms with Crippen molar-refractivity contribution in [1.82, 2.24) is 4.90 Å². The van der Waals surface area contributed by atoms with E-state index in [0.29, 0.717) is 28.9 Å². The second-order valence-electron chi connectivity index (χ2n) is 5.70. The van der Waals surface area contributed by atoms with Crippen LogP contribution in [0.15, 0.2) is 18.2 Å². The molecule has 1 amide bonds. The number of benzene rings is 1. The third-order valence-corrected chi connectivity index (χ3v) is 3.23. The molecule has 1 heterocycles. The molecule has 110 valence electrons. The number of hydrogen-bond donors (Lipinski definition) is 0. The minimum Gasteiger partial charge on any atom is -0.485 e. The molecule has 0 spiro atoms. The third-order valence-electron chi connectivity index (χ3n) is 2.69. The van der Waals surface area contributed by atoms with Gasteiger partial charge in [0.25, 0.3) is 0 Å². The summed E-state index contributed by atoms with van der Waals surface area (Å²) >= 11 is 11.9. The number of carbonyl (C=O) groups excluding carboxylic acids is 1. The van der Waals surface area contributed by atoms with Gasteiger partial charge in [-0.3, -0.25) is 0 Å². The van der Waals surface area contributed by atoms with Crippen LogP contribution in [0.2, 0.25) is 10.0 Å². The number of amides is 1. The van der Waals surface area contributed by atoms with Crippen LogP contribution in [0.1, 0.15) is 20.8 Å². The monoisotopic (exact) mass is 317 g/mol. The van der Waals surface area contributed by atoms with Crippen LogP contribution in [0.4, 0.5) is 4.79 Å². The van der Waals surface area contributed by atoms with E-state index in [1.54, 1.807) is 23.1 Å². The van der Waals surface area contributed by atoms with Crippen LogP contribution in [-0.4, -0.2) is 35.8 Å². The predicted octanol–water partition coefficient (Wildman–Crippen LogP) is 3.99. The topological polar surface area (TPSA) is 38.8 Å². The Morgan fingerprint density at radius 1 is 1.30 bits per heavy atom. The first-order valence-electron chi connectivity index (χ1n) is 6.34. The smallest absolute Gasteiger partial charge is 0.410 e. The van der Waals surface area contributed by atoms with Crippen molar-refractivity contribution in [3.8, 4) is 5.75 Å². The summed E-state index contributed by atoms with van der Waals surface area (Å²) in [6.07, 6.45) is -0.409. The van der Waals surface area contributed by atoms with Crippen molar-refractivity contribution < 1.29 is 14.3 Å². The summed E-state index contributed by atoms with van der Waals surface area (Å²) in [5.41, 5.74) is -0.487. The van der Waals surface area contributed by atoms with Crippen molar-refractivity contribution in [2.75, 3.05) is 13.1 Å². The summed E-state index contributed by atoms with van der Waals surface area (Å²) in [6.45, 7) is 6.48. The van der Waals surface area contributed by atoms with Crippen molar-refractivity contribution in [3.05, 3.63) is 28.2 Å². The first kappa shape index (κ1) is 15.3. The number of nitrogens with zero attached hydrogens (tertiary/aromatic N) is 1. The van der Waals surface area contributed by atoms with Gasteiger partial charge in [-0.1, -0.05) is 23.2 Å². The van der Waals surface area contributed by atoms with Crippen molar-refractivity contribution >= 4 is 29.3 Å². The van der Waals surface area contributed by atoms with E-state index >= 15 is 0 Å². The summed E-state index contributed by atoms with van der Waals surface area (Å²) in [4.78, 5) is 13.4. The van der Waals surface area contributed by atoms with E-state index in [1.165, 1.54) is 0 Å². The second-order valence-corrected chi connectivity index (χ2v) is 6.54. The predicted molar refractivity (Wildman–Crippen MR) is 78.7 cm³/mol. The highest BCUT2D eigenvalue weighted by molar-refractivity contribution is 6.34. The van der Waals surface area contributed by atoms with Gasteiger partial charge in [-0.15, -0.1) is 0 Å². The van der Waals surface area contributed by atoms with Gasteiger partial charge in [-0.25, -0.2) is 4.79 Å². The van der Waals surface area contributed by atoms with Crippen LogP contribution in [0, 0.1) is 0 Å². The molecule has 0 saturated carbocycles. The molecular weight excluding hydrogens is 301 g/mol. The minimum absolute atomic E-state index is 0.0847. The summed E-state index contributed by atoms with van der Waals surface area (Å²) in [6, 6.07) is 5.05. The number of likely N-dealkylation sites (tertiary alicyclic amines) is 1. The fourth-order valence-electron chi connectivity index (χ4n) is 1.74. The van der Waals surface area contributed by atoms with Gasteiger partial charge >= 0.3 is 6.09 Å². The number of ether oxygens (including phenoxy) is 2. The molecule has 0 bridgehead atoms. The molecule has 0 atom stereocenters. The molecule has 6 heteroatoms. The van der Waals surface area contributed by atoms with E-state index < -0.39 is 5.60 Å². The third kappa shape index (κ3) is 3.93. The maximum absolute atomic E-state index is 11.8. The number of halogens is 2. The van der Waals surface area contributed by atoms with E-state index in [2.05, 4.69) is 0 Å². The average molecular weight is 318 g/mol. The minimum atomic E-state index is -0.487. The quantitative estimate of drug-likeness (QED) is 0.827. The Hall–Kier alpha value is -1.13. The van der Waals surface area contributed by atoms with Gasteiger partial charge in [0.15, 0.2) is 0 Å². The molecule has 20 heavy (non-hydrogen) atoms. The Labute approximate surface area is 128 Å². The van der Waals surface area contributed by atoms with Gasteiger partial charge in [0, 0.05) is 11.1 Å². The van der Waals surface area contributed by atoms with Crippen molar-refractivity contribution in [2.24, 2.45) is 0 Å². The Kier molecular flexibility index (Phi) is 4.35. The van der Waals surface area contributed by atoms with Crippen LogP contribution in [0.5, 0.6) is 5.75 Å². The zero-order chi connectivity index (χ0) is 14.9. The number of carbonyl (C=O) groups is 1. The van der Waals surface area contributed by atoms with E-state index in [4.69, 9.17) is 32.7 Å². The van der Waals surface area contributed by atoms with Gasteiger partial charge in [0.1, 0.15) is 17.5 Å². The molecule has 0 N–H and O–H groups in total. The van der Waals surface area contributed by atoms with Crippen LogP contribution in [-0.2, 0) is 4.74 Å². The number of hydrogen-bond acceptors (Lipinski definition) is 3. The summed E-state index contributed by atoms with van der Waals surface area (Å²) in [5, 5.41) is 1.07. The zero-order valence-corrected chi connectivity index (χ0v) is 13.2. The lowest BCUT2D eigenvalue weighted by Crippen LogP contribution is -2.57. The molecule has 2 rings (SSSR count). The first-order valence-corrected chi connectivity index (χ1v) is 7.10. The largest absolute Gasteiger partial charge is 0.485 e. The van der Waals surface area contributed by atoms with Gasteiger partial charge in [-0.2, -0.15) is 0 Å². The van der Waals surface area contributed by atoms with E-state index in [1.807, 2.05) is 20.8 Å². The lowest BCUT2D eigenvalue weighted by molar-refractivity contribution is -0.0221. The molecule has 0 unspecified atom stereocenters. The fraction of sp³-hybridized carbons (Fsp3) is 0.500. The molecule has 1 fully saturated rings. The van der Waals surface area contributed by atoms with Crippen molar-refractivity contribution in [2.45, 2.75) is 32.5 Å². The first-order chi connectivity index (χ1) is 9.24. The Balaban J connectivity index is 1.85. The standard InChI is InChI=1S/C14H17Cl2NO3/c1-14(2,3)20-13(18)17-7-10(8-17)19-12-6-9(15)4-5-11(12)16/h4-6,10H,7-8H2,1-3H3. The Morgan fingerprint density at radius 3 is 2.55 bits per heavy atom. The highest BCUT2D eigenvalue weighted by Gasteiger charge is 2.35. The summed E-state index contributed by atoms with van der Waals surface area (Å²) in [7, 11) is 0. The maximum Gasteiger partial charge on any atom is 0.410 e. The molecule has 1 aliphatic rings. The summed E-state index contributed by atoms with van der Waals surface area (Å²) < 4.78 is 11.0. The van der Waals surface area contributed by atoms with Crippen LogP contribution >= 0.6 is 23.2 Å². The highest BCUT2D eigenvalue weighted by atomic mass is 35.5. The highest BCUT2D eigenvalue weighted by Crippen LogP contribution is 2.30. The maximum atomic E-state index is 11.8. The Bertz CT molecular complexity index is 508. The van der Waals surface area contributed by atoms with Crippen LogP contribution in [0.25, 0.3) is 0 Å². The molecule has 1 aromatic carbocycles.